The van der Waals surface area contributed by atoms with Gasteiger partial charge in [-0.15, -0.1) is 0 Å². The largest absolute Gasteiger partial charge is 0.493 e. The molecule has 0 radical (unpaired) electrons. The van der Waals surface area contributed by atoms with Crippen molar-refractivity contribution in [1.29, 1.82) is 5.26 Å². The lowest BCUT2D eigenvalue weighted by atomic mass is 9.97. The number of nitrogens with zero attached hydrogens (tertiary/aromatic N) is 4. The lowest BCUT2D eigenvalue weighted by molar-refractivity contribution is 0.0923. The molecule has 1 aliphatic rings. The molecule has 7 heteroatoms. The summed E-state index contributed by atoms with van der Waals surface area (Å²) in [5.74, 6) is 0.653. The highest BCUT2D eigenvalue weighted by Gasteiger charge is 2.26. The lowest BCUT2D eigenvalue weighted by Crippen LogP contribution is -2.33. The Morgan fingerprint density at radius 3 is 2.93 bits per heavy atom. The predicted octanol–water partition coefficient (Wildman–Crippen LogP) is 3.29. The first-order valence-corrected chi connectivity index (χ1v) is 9.32. The summed E-state index contributed by atoms with van der Waals surface area (Å²) in [5.41, 5.74) is 3.81. The molecule has 1 N–H and O–H groups in total. The van der Waals surface area contributed by atoms with Gasteiger partial charge in [0.15, 0.2) is 11.3 Å². The van der Waals surface area contributed by atoms with Crippen LogP contribution in [0.5, 0.6) is 5.75 Å². The summed E-state index contributed by atoms with van der Waals surface area (Å²) in [6.07, 6.45) is 2.24. The van der Waals surface area contributed by atoms with E-state index in [1.165, 1.54) is 10.7 Å². The van der Waals surface area contributed by atoms with Crippen LogP contribution in [0.25, 0.3) is 5.65 Å². The van der Waals surface area contributed by atoms with E-state index < -0.39 is 0 Å². The number of hydrogen-bond donors (Lipinski definition) is 1. The van der Waals surface area contributed by atoms with Crippen LogP contribution >= 0.6 is 0 Å². The third-order valence-electron chi connectivity index (χ3n) is 5.05. The van der Waals surface area contributed by atoms with E-state index in [0.29, 0.717) is 35.6 Å². The molecule has 2 aromatic heterocycles. The summed E-state index contributed by atoms with van der Waals surface area (Å²) in [4.78, 5) is 17.7. The van der Waals surface area contributed by atoms with E-state index in [2.05, 4.69) is 21.5 Å². The van der Waals surface area contributed by atoms with Gasteiger partial charge in [0, 0.05) is 17.5 Å². The van der Waals surface area contributed by atoms with Crippen LogP contribution in [0, 0.1) is 18.3 Å². The van der Waals surface area contributed by atoms with Crippen LogP contribution in [0.2, 0.25) is 0 Å². The Hall–Kier alpha value is -3.40. The van der Waals surface area contributed by atoms with Crippen molar-refractivity contribution in [3.63, 3.8) is 0 Å². The minimum atomic E-state index is -0.195. The Balaban J connectivity index is 1.74. The molecule has 1 atom stereocenters. The smallest absolute Gasteiger partial charge is 0.253 e. The molecule has 142 valence electrons. The Bertz CT molecular complexity index is 1110. The van der Waals surface area contributed by atoms with Crippen molar-refractivity contribution in [1.82, 2.24) is 19.9 Å². The van der Waals surface area contributed by atoms with E-state index in [1.807, 2.05) is 38.1 Å². The SMILES string of the molecule is Cc1nc2c(C(C)C)c(C(=O)N[C@H]3CCOc4ccccc43)cnn2c1C#N. The van der Waals surface area contributed by atoms with Crippen molar-refractivity contribution in [3.8, 4) is 11.8 Å². The summed E-state index contributed by atoms with van der Waals surface area (Å²) < 4.78 is 7.20. The monoisotopic (exact) mass is 375 g/mol. The molecule has 0 bridgehead atoms. The minimum absolute atomic E-state index is 0.0431. The number of hydrogen-bond acceptors (Lipinski definition) is 5. The van der Waals surface area contributed by atoms with Crippen LogP contribution < -0.4 is 10.1 Å². The van der Waals surface area contributed by atoms with Crippen molar-refractivity contribution in [2.75, 3.05) is 6.61 Å². The molecule has 1 aromatic carbocycles. The van der Waals surface area contributed by atoms with Crippen LogP contribution in [-0.4, -0.2) is 27.1 Å². The standard InChI is InChI=1S/C21H21N5O2/c1-12(2)19-15(11-23-26-17(10-22)13(3)24-20(19)26)21(27)25-16-8-9-28-18-7-5-4-6-14(16)18/h4-7,11-12,16H,8-9H2,1-3H3,(H,25,27)/t16-/m0/s1. The molecule has 0 aliphatic carbocycles. The number of nitrogens with one attached hydrogen (secondary N) is 1. The van der Waals surface area contributed by atoms with Gasteiger partial charge in [-0.1, -0.05) is 32.0 Å². The fourth-order valence-corrected chi connectivity index (χ4v) is 3.72. The normalized spacial score (nSPS) is 15.8. The van der Waals surface area contributed by atoms with Crippen LogP contribution in [0.15, 0.2) is 30.5 Å². The zero-order valence-electron chi connectivity index (χ0n) is 16.1. The summed E-state index contributed by atoms with van der Waals surface area (Å²) in [6.45, 7) is 6.34. The first kappa shape index (κ1) is 18.0. The topological polar surface area (TPSA) is 92.3 Å². The molecule has 0 spiro atoms. The van der Waals surface area contributed by atoms with Gasteiger partial charge >= 0.3 is 0 Å². The van der Waals surface area contributed by atoms with Crippen LogP contribution in [-0.2, 0) is 0 Å². The molecule has 7 nitrogen and oxygen atoms in total. The number of amides is 1. The summed E-state index contributed by atoms with van der Waals surface area (Å²) in [7, 11) is 0. The molecular formula is C21H21N5O2. The van der Waals surface area contributed by atoms with Gasteiger partial charge in [-0.05, 0) is 18.9 Å². The first-order valence-electron chi connectivity index (χ1n) is 9.32. The second kappa shape index (κ2) is 6.97. The van der Waals surface area contributed by atoms with Crippen LogP contribution in [0.3, 0.4) is 0 Å². The molecule has 28 heavy (non-hydrogen) atoms. The highest BCUT2D eigenvalue weighted by Crippen LogP contribution is 2.32. The second-order valence-corrected chi connectivity index (χ2v) is 7.22. The molecule has 1 amide bonds. The Kier molecular flexibility index (Phi) is 4.47. The highest BCUT2D eigenvalue weighted by atomic mass is 16.5. The van der Waals surface area contributed by atoms with Gasteiger partial charge in [0.25, 0.3) is 5.91 Å². The number of ether oxygens (including phenoxy) is 1. The maximum atomic E-state index is 13.2. The molecule has 0 fully saturated rings. The number of rotatable bonds is 3. The average molecular weight is 375 g/mol. The van der Waals surface area contributed by atoms with Crippen LogP contribution in [0.4, 0.5) is 0 Å². The predicted molar refractivity (Wildman–Crippen MR) is 103 cm³/mol. The molecule has 0 saturated heterocycles. The Morgan fingerprint density at radius 1 is 1.39 bits per heavy atom. The van der Waals surface area contributed by atoms with Crippen molar-refractivity contribution in [2.24, 2.45) is 0 Å². The van der Waals surface area contributed by atoms with Gasteiger partial charge in [0.2, 0.25) is 0 Å². The van der Waals surface area contributed by atoms with E-state index in [0.717, 1.165) is 16.9 Å². The fourth-order valence-electron chi connectivity index (χ4n) is 3.72. The second-order valence-electron chi connectivity index (χ2n) is 7.22. The first-order chi connectivity index (χ1) is 13.5. The zero-order chi connectivity index (χ0) is 19.8. The number of benzene rings is 1. The fraction of sp³-hybridized carbons (Fsp3) is 0.333. The van der Waals surface area contributed by atoms with Gasteiger partial charge in [-0.3, -0.25) is 4.79 Å². The van der Waals surface area contributed by atoms with Crippen molar-refractivity contribution in [3.05, 3.63) is 58.5 Å². The summed E-state index contributed by atoms with van der Waals surface area (Å²) in [6, 6.07) is 9.76. The van der Waals surface area contributed by atoms with Crippen molar-refractivity contribution < 1.29 is 9.53 Å². The summed E-state index contributed by atoms with van der Waals surface area (Å²) >= 11 is 0. The van der Waals surface area contributed by atoms with E-state index in [9.17, 15) is 10.1 Å². The molecule has 3 aromatic rings. The number of fused-ring (bicyclic) bond motifs is 2. The molecule has 1 aliphatic heterocycles. The van der Waals surface area contributed by atoms with E-state index in [-0.39, 0.29) is 17.9 Å². The molecule has 3 heterocycles. The van der Waals surface area contributed by atoms with E-state index in [1.54, 1.807) is 6.92 Å². The number of para-hydroxylation sites is 1. The number of aryl methyl sites for hydroxylation is 1. The molecule has 0 saturated carbocycles. The van der Waals surface area contributed by atoms with Crippen molar-refractivity contribution >= 4 is 11.6 Å². The number of aromatic nitrogens is 3. The minimum Gasteiger partial charge on any atom is -0.493 e. The summed E-state index contributed by atoms with van der Waals surface area (Å²) in [5, 5.41) is 16.8. The lowest BCUT2D eigenvalue weighted by Gasteiger charge is -2.27. The number of carbonyl (C=O) groups excluding carboxylic acids is 1. The average Bonchev–Trinajstić information content (AvgIpc) is 3.02. The third kappa shape index (κ3) is 2.87. The third-order valence-corrected chi connectivity index (χ3v) is 5.05. The van der Waals surface area contributed by atoms with Gasteiger partial charge in [0.05, 0.1) is 30.1 Å². The van der Waals surface area contributed by atoms with Gasteiger partial charge < -0.3 is 10.1 Å². The highest BCUT2D eigenvalue weighted by molar-refractivity contribution is 5.97. The van der Waals surface area contributed by atoms with E-state index in [4.69, 9.17) is 4.74 Å². The molecular weight excluding hydrogens is 354 g/mol. The number of carbonyl (C=O) groups is 1. The van der Waals surface area contributed by atoms with E-state index >= 15 is 0 Å². The maximum absolute atomic E-state index is 13.2. The Morgan fingerprint density at radius 2 is 2.18 bits per heavy atom. The van der Waals surface area contributed by atoms with Gasteiger partial charge in [-0.25, -0.2) is 9.50 Å². The number of imidazole rings is 1. The zero-order valence-corrected chi connectivity index (χ0v) is 16.1. The maximum Gasteiger partial charge on any atom is 0.253 e. The van der Waals surface area contributed by atoms with Crippen molar-refractivity contribution in [2.45, 2.75) is 39.2 Å². The van der Waals surface area contributed by atoms with Gasteiger partial charge in [0.1, 0.15) is 11.8 Å². The van der Waals surface area contributed by atoms with Gasteiger partial charge in [-0.2, -0.15) is 10.4 Å². The molecule has 0 unspecified atom stereocenters. The van der Waals surface area contributed by atoms with Crippen LogP contribution in [0.1, 0.15) is 65.1 Å². The molecule has 4 rings (SSSR count). The quantitative estimate of drug-likeness (QED) is 0.758. The Labute approximate surface area is 163 Å². The number of nitriles is 1.